The van der Waals surface area contributed by atoms with Gasteiger partial charge in [-0.2, -0.15) is 0 Å². The van der Waals surface area contributed by atoms with Gasteiger partial charge in [-0.1, -0.05) is 52.6 Å². The van der Waals surface area contributed by atoms with Crippen molar-refractivity contribution in [1.82, 2.24) is 0 Å². The molecule has 0 saturated carbocycles. The van der Waals surface area contributed by atoms with E-state index in [0.717, 1.165) is 16.7 Å². The van der Waals surface area contributed by atoms with Crippen LogP contribution in [0.3, 0.4) is 0 Å². The fourth-order valence-electron chi connectivity index (χ4n) is 9.82. The van der Waals surface area contributed by atoms with Crippen molar-refractivity contribution in [1.29, 1.82) is 0 Å². The Bertz CT molecular complexity index is 2630. The molecule has 0 heterocycles. The van der Waals surface area contributed by atoms with Gasteiger partial charge in [0.2, 0.25) is 0 Å². The summed E-state index contributed by atoms with van der Waals surface area (Å²) in [4.78, 5) is 0. The van der Waals surface area contributed by atoms with Crippen molar-refractivity contribution in [2.75, 3.05) is 0 Å². The molecule has 0 amide bonds. The molecule has 6 aromatic rings. The maximum Gasteiger partial charge on any atom is 2.00 e. The third kappa shape index (κ3) is 12.4. The summed E-state index contributed by atoms with van der Waals surface area (Å²) >= 11 is 3.29. The second-order valence-corrected chi connectivity index (χ2v) is 29.0. The number of hydrogen-bond acceptors (Lipinski definition) is 2. The third-order valence-electron chi connectivity index (χ3n) is 13.6. The normalized spacial score (nSPS) is 14.8. The monoisotopic (exact) mass is 1080 g/mol. The Morgan fingerprint density at radius 3 is 1.25 bits per heavy atom. The predicted octanol–water partition coefficient (Wildman–Crippen LogP) is 17.0. The average molecular weight is 1080 g/mol. The molecular formula is C63H73ClO2Zr2. The van der Waals surface area contributed by atoms with Gasteiger partial charge in [-0.05, 0) is 39.3 Å². The maximum absolute atomic E-state index is 11.1. The molecule has 6 aromatic carbocycles. The molecule has 0 aliphatic heterocycles. The standard InChI is InChI=1S/2C22H25.C8H9ClO.C8H10O.C3H6.2Zr/c2*1-5-7-16-14-18-8-6-9-20(21(18)15-16)17-10-12-19(13-11-17)22(2,3)4;1-5-3-4-7(9)6(2)8(5)10;1-6-4-3-5-7(2)8(6)9;1-3-2;;/h2*6,8-15H,5,7H2,1-4H3;3-4,10H,1-2H3;3-5,9H,1-2H3;1-2H3;;/q;;;;;;+2/p-2. The summed E-state index contributed by atoms with van der Waals surface area (Å²) in [6.45, 7) is 30.7. The van der Waals surface area contributed by atoms with E-state index in [1.54, 1.807) is 51.5 Å². The van der Waals surface area contributed by atoms with Crippen molar-refractivity contribution in [3.8, 4) is 33.8 Å². The van der Waals surface area contributed by atoms with Crippen LogP contribution in [-0.2, 0) is 58.3 Å². The van der Waals surface area contributed by atoms with Crippen LogP contribution in [0.4, 0.5) is 0 Å². The average Bonchev–Trinajstić information content (AvgIpc) is 3.84. The smallest absolute Gasteiger partial charge is 0.872 e. The van der Waals surface area contributed by atoms with Gasteiger partial charge in [0.25, 0.3) is 0 Å². The second-order valence-electron chi connectivity index (χ2n) is 21.1. The first-order valence-corrected chi connectivity index (χ1v) is 28.8. The topological polar surface area (TPSA) is 46.1 Å². The van der Waals surface area contributed by atoms with E-state index in [9.17, 15) is 10.2 Å². The van der Waals surface area contributed by atoms with Crippen LogP contribution in [0.15, 0.2) is 126 Å². The zero-order chi connectivity index (χ0) is 49.0. The van der Waals surface area contributed by atoms with Crippen LogP contribution in [0.5, 0.6) is 11.5 Å². The quantitative estimate of drug-likeness (QED) is 0.152. The minimum Gasteiger partial charge on any atom is -0.872 e. The van der Waals surface area contributed by atoms with Crippen LogP contribution in [0, 0.1) is 27.7 Å². The summed E-state index contributed by atoms with van der Waals surface area (Å²) in [5.74, 6) is 0.213. The van der Waals surface area contributed by atoms with Crippen LogP contribution in [0.25, 0.3) is 34.4 Å². The Morgan fingerprint density at radius 1 is 0.529 bits per heavy atom. The third-order valence-corrected chi connectivity index (χ3v) is 23.3. The van der Waals surface area contributed by atoms with E-state index in [2.05, 4.69) is 166 Å². The first-order chi connectivity index (χ1) is 31.7. The number of hydrogen-bond donors (Lipinski definition) is 0. The largest absolute Gasteiger partial charge is 2.00 e. The molecule has 2 nitrogen and oxygen atoms in total. The van der Waals surface area contributed by atoms with Gasteiger partial charge in [0, 0.05) is 5.02 Å². The zero-order valence-electron chi connectivity index (χ0n) is 43.3. The Labute approximate surface area is 442 Å². The van der Waals surface area contributed by atoms with Crippen molar-refractivity contribution in [3.05, 3.63) is 187 Å². The zero-order valence-corrected chi connectivity index (χ0v) is 49.0. The molecule has 0 N–H and O–H groups in total. The molecule has 2 aliphatic carbocycles. The molecule has 68 heavy (non-hydrogen) atoms. The van der Waals surface area contributed by atoms with Crippen LogP contribution >= 0.6 is 11.6 Å². The Kier molecular flexibility index (Phi) is 19.1. The van der Waals surface area contributed by atoms with Crippen LogP contribution in [-0.4, -0.2) is 3.21 Å². The molecule has 2 unspecified atom stereocenters. The van der Waals surface area contributed by atoms with E-state index in [-0.39, 0.29) is 48.5 Å². The molecule has 0 radical (unpaired) electrons. The molecule has 2 aliphatic rings. The van der Waals surface area contributed by atoms with Gasteiger partial charge in [0.15, 0.2) is 0 Å². The molecule has 352 valence electrons. The maximum atomic E-state index is 11.1. The minimum absolute atomic E-state index is 0. The molecule has 0 bridgehead atoms. The fraction of sp³-hybridized carbons (Fsp3) is 0.349. The number of rotatable bonds is 8. The molecule has 0 spiro atoms. The number of benzene rings is 6. The van der Waals surface area contributed by atoms with Crippen molar-refractivity contribution in [2.24, 2.45) is 0 Å². The second kappa shape index (κ2) is 23.5. The van der Waals surface area contributed by atoms with Crippen LogP contribution < -0.4 is 10.2 Å². The molecule has 8 rings (SSSR count). The van der Waals surface area contributed by atoms with Gasteiger partial charge in [-0.25, -0.2) is 0 Å². The first-order valence-electron chi connectivity index (χ1n) is 24.4. The number of aryl methyl sites for hydroxylation is 3. The van der Waals surface area contributed by atoms with Gasteiger partial charge in [-0.3, -0.25) is 0 Å². The SMILES string of the molecule is CCCC1=Cc2c(-c3ccc(C(C)(C)C)cc3)cccc2[CH]1[Zr](=[C](C)C)[CH]1C(CCC)=Cc2c(-c3ccc(C(C)(C)C)cc3)cccc21.Cc1ccc(Cl)c(C)c1[O-].Cc1cccc(C)c1[O-].[Zr+2]. The Hall–Kier alpha value is -3.67. The summed E-state index contributed by atoms with van der Waals surface area (Å²) in [5, 5.41) is 22.6. The van der Waals surface area contributed by atoms with Crippen molar-refractivity contribution < 1.29 is 57.7 Å². The minimum atomic E-state index is -2.40. The number of fused-ring (bicyclic) bond motifs is 2. The van der Waals surface area contributed by atoms with Gasteiger partial charge in [0.1, 0.15) is 0 Å². The summed E-state index contributed by atoms with van der Waals surface area (Å²) in [5.41, 5.74) is 21.2. The Balaban J connectivity index is 0.000000357. The van der Waals surface area contributed by atoms with Crippen LogP contribution in [0.2, 0.25) is 5.02 Å². The molecule has 2 atom stereocenters. The number of allylic oxidation sites excluding steroid dienone is 2. The summed E-state index contributed by atoms with van der Waals surface area (Å²) in [6.07, 6.45) is 10.0. The van der Waals surface area contributed by atoms with E-state index >= 15 is 0 Å². The van der Waals surface area contributed by atoms with E-state index in [4.69, 9.17) is 11.6 Å². The van der Waals surface area contributed by atoms with Crippen molar-refractivity contribution in [2.45, 2.75) is 141 Å². The van der Waals surface area contributed by atoms with E-state index in [1.807, 2.05) is 32.0 Å². The van der Waals surface area contributed by atoms with Crippen LogP contribution in [0.1, 0.15) is 158 Å². The van der Waals surface area contributed by atoms with E-state index in [1.165, 1.54) is 70.2 Å². The number of para-hydroxylation sites is 1. The molecule has 0 aromatic heterocycles. The first kappa shape index (κ1) is 55.3. The summed E-state index contributed by atoms with van der Waals surface area (Å²) < 4.78 is 2.89. The fourth-order valence-corrected chi connectivity index (χ4v) is 19.6. The summed E-state index contributed by atoms with van der Waals surface area (Å²) in [6, 6.07) is 42.2. The van der Waals surface area contributed by atoms with E-state index < -0.39 is 21.3 Å². The van der Waals surface area contributed by atoms with Gasteiger partial charge >= 0.3 is 328 Å². The molecule has 0 saturated heterocycles. The van der Waals surface area contributed by atoms with E-state index in [0.29, 0.717) is 17.8 Å². The Morgan fingerprint density at radius 2 is 0.912 bits per heavy atom. The molecule has 0 fully saturated rings. The van der Waals surface area contributed by atoms with Crippen molar-refractivity contribution >= 4 is 27.0 Å². The number of halogens is 1. The van der Waals surface area contributed by atoms with Gasteiger partial charge in [-0.15, -0.1) is 11.5 Å². The predicted molar refractivity (Wildman–Crippen MR) is 284 cm³/mol. The molecule has 5 heteroatoms. The summed E-state index contributed by atoms with van der Waals surface area (Å²) in [7, 11) is 0. The van der Waals surface area contributed by atoms with Gasteiger partial charge < -0.3 is 10.2 Å². The van der Waals surface area contributed by atoms with Crippen molar-refractivity contribution in [3.63, 3.8) is 0 Å². The van der Waals surface area contributed by atoms with Gasteiger partial charge in [0.05, 0.1) is 0 Å². The molecular weight excluding hydrogens is 1010 g/mol.